The van der Waals surface area contributed by atoms with E-state index in [1.807, 2.05) is 12.1 Å². The number of hydrogen-bond donors (Lipinski definition) is 3. The topological polar surface area (TPSA) is 60.7 Å². The summed E-state index contributed by atoms with van der Waals surface area (Å²) < 4.78 is 0. The number of benzene rings is 1. The van der Waals surface area contributed by atoms with Gasteiger partial charge in [-0.2, -0.15) is 0 Å². The van der Waals surface area contributed by atoms with Gasteiger partial charge in [-0.3, -0.25) is 0 Å². The molecule has 0 aromatic heterocycles. The number of aliphatic hydroxyl groups is 3. The maximum Gasteiger partial charge on any atom is 0.107 e. The van der Waals surface area contributed by atoms with Crippen LogP contribution in [-0.2, 0) is 6.42 Å². The van der Waals surface area contributed by atoms with E-state index in [1.54, 1.807) is 12.1 Å². The number of rotatable bonds is 5. The van der Waals surface area contributed by atoms with Crippen LogP contribution in [0.1, 0.15) is 31.1 Å². The molecule has 3 N–H and O–H groups in total. The molecule has 0 heterocycles. The van der Waals surface area contributed by atoms with Crippen LogP contribution in [0, 0.1) is 5.92 Å². The van der Waals surface area contributed by atoms with Gasteiger partial charge in [-0.1, -0.05) is 38.1 Å². The van der Waals surface area contributed by atoms with E-state index < -0.39 is 18.8 Å². The van der Waals surface area contributed by atoms with Gasteiger partial charge < -0.3 is 15.3 Å². The van der Waals surface area contributed by atoms with Gasteiger partial charge in [0.15, 0.2) is 0 Å². The highest BCUT2D eigenvalue weighted by Gasteiger charge is 2.16. The lowest BCUT2D eigenvalue weighted by Crippen LogP contribution is -2.21. The third kappa shape index (κ3) is 3.59. The highest BCUT2D eigenvalue weighted by molar-refractivity contribution is 5.25. The summed E-state index contributed by atoms with van der Waals surface area (Å²) in [5.74, 6) is 0.596. The van der Waals surface area contributed by atoms with Gasteiger partial charge in [-0.15, -0.1) is 0 Å². The first-order chi connectivity index (χ1) is 7.54. The van der Waals surface area contributed by atoms with Crippen molar-refractivity contribution < 1.29 is 15.3 Å². The highest BCUT2D eigenvalue weighted by Crippen LogP contribution is 2.18. The monoisotopic (exact) mass is 224 g/mol. The average molecular weight is 224 g/mol. The molecule has 2 atom stereocenters. The summed E-state index contributed by atoms with van der Waals surface area (Å²) in [4.78, 5) is 0. The zero-order valence-corrected chi connectivity index (χ0v) is 9.80. The fourth-order valence-corrected chi connectivity index (χ4v) is 1.64. The maximum atomic E-state index is 9.65. The molecule has 0 radical (unpaired) electrons. The molecular weight excluding hydrogens is 204 g/mol. The van der Waals surface area contributed by atoms with Crippen molar-refractivity contribution in [1.82, 2.24) is 0 Å². The van der Waals surface area contributed by atoms with Crippen LogP contribution in [-0.4, -0.2) is 28.0 Å². The lowest BCUT2D eigenvalue weighted by molar-refractivity contribution is -0.0152. The van der Waals surface area contributed by atoms with Crippen LogP contribution in [0.5, 0.6) is 0 Å². The summed E-state index contributed by atoms with van der Waals surface area (Å²) in [6, 6.07) is 7.48. The number of aliphatic hydroxyl groups excluding tert-OH is 3. The predicted molar refractivity (Wildman–Crippen MR) is 63.0 cm³/mol. The van der Waals surface area contributed by atoms with Crippen molar-refractivity contribution in [1.29, 1.82) is 0 Å². The second-order valence-corrected chi connectivity index (χ2v) is 4.53. The normalized spacial score (nSPS) is 15.1. The Morgan fingerprint density at radius 1 is 1.06 bits per heavy atom. The molecule has 0 aliphatic rings. The van der Waals surface area contributed by atoms with Gasteiger partial charge in [0, 0.05) is 0 Å². The Morgan fingerprint density at radius 2 is 1.62 bits per heavy atom. The van der Waals surface area contributed by atoms with Crippen molar-refractivity contribution in [2.45, 2.75) is 32.5 Å². The molecule has 1 aromatic rings. The van der Waals surface area contributed by atoms with Crippen LogP contribution < -0.4 is 0 Å². The van der Waals surface area contributed by atoms with Crippen molar-refractivity contribution in [3.8, 4) is 0 Å². The Labute approximate surface area is 96.4 Å². The predicted octanol–water partition coefficient (Wildman–Crippen LogP) is 1.27. The first-order valence-corrected chi connectivity index (χ1v) is 5.60. The Morgan fingerprint density at radius 3 is 2.06 bits per heavy atom. The minimum atomic E-state index is -1.11. The van der Waals surface area contributed by atoms with Gasteiger partial charge in [0.25, 0.3) is 0 Å². The minimum absolute atomic E-state index is 0.436. The summed E-state index contributed by atoms with van der Waals surface area (Å²) in [6.07, 6.45) is -1.13. The Bertz CT molecular complexity index is 305. The van der Waals surface area contributed by atoms with Gasteiger partial charge in [-0.05, 0) is 23.5 Å². The third-order valence-corrected chi connectivity index (χ3v) is 2.52. The Balaban J connectivity index is 2.70. The summed E-state index contributed by atoms with van der Waals surface area (Å²) in [5, 5.41) is 27.7. The second kappa shape index (κ2) is 5.99. The molecule has 0 amide bonds. The van der Waals surface area contributed by atoms with E-state index in [2.05, 4.69) is 13.8 Å². The summed E-state index contributed by atoms with van der Waals surface area (Å²) in [7, 11) is 0. The fourth-order valence-electron chi connectivity index (χ4n) is 1.64. The summed E-state index contributed by atoms with van der Waals surface area (Å²) >= 11 is 0. The van der Waals surface area contributed by atoms with Gasteiger partial charge in [0.2, 0.25) is 0 Å². The van der Waals surface area contributed by atoms with Crippen LogP contribution in [0.4, 0.5) is 0 Å². The Kier molecular flexibility index (Phi) is 4.93. The lowest BCUT2D eigenvalue weighted by Gasteiger charge is -2.16. The maximum absolute atomic E-state index is 9.65. The fraction of sp³-hybridized carbons (Fsp3) is 0.538. The zero-order chi connectivity index (χ0) is 12.1. The molecule has 2 unspecified atom stereocenters. The molecular formula is C13H20O3. The smallest absolute Gasteiger partial charge is 0.107 e. The molecule has 0 bridgehead atoms. The molecule has 0 fully saturated rings. The SMILES string of the molecule is CC(C)Cc1ccc(C(O)C(O)CO)cc1. The summed E-state index contributed by atoms with van der Waals surface area (Å²) in [5.41, 5.74) is 1.85. The van der Waals surface area contributed by atoms with Gasteiger partial charge in [-0.25, -0.2) is 0 Å². The van der Waals surface area contributed by atoms with Crippen LogP contribution in [0.3, 0.4) is 0 Å². The van der Waals surface area contributed by atoms with E-state index in [1.165, 1.54) is 5.56 Å². The lowest BCUT2D eigenvalue weighted by atomic mass is 9.99. The van der Waals surface area contributed by atoms with Gasteiger partial charge >= 0.3 is 0 Å². The molecule has 0 saturated heterocycles. The molecule has 0 aliphatic heterocycles. The van der Waals surface area contributed by atoms with E-state index >= 15 is 0 Å². The first-order valence-electron chi connectivity index (χ1n) is 5.60. The molecule has 1 rings (SSSR count). The standard InChI is InChI=1S/C13H20O3/c1-9(2)7-10-3-5-11(6-4-10)13(16)12(15)8-14/h3-6,9,12-16H,7-8H2,1-2H3. The molecule has 3 nitrogen and oxygen atoms in total. The molecule has 1 aromatic carbocycles. The van der Waals surface area contributed by atoms with Crippen molar-refractivity contribution in [2.75, 3.05) is 6.61 Å². The van der Waals surface area contributed by atoms with Crippen molar-refractivity contribution >= 4 is 0 Å². The molecule has 90 valence electrons. The molecule has 0 saturated carbocycles. The molecule has 16 heavy (non-hydrogen) atoms. The largest absolute Gasteiger partial charge is 0.394 e. The van der Waals surface area contributed by atoms with Crippen LogP contribution in [0.15, 0.2) is 24.3 Å². The molecule has 0 spiro atoms. The van der Waals surface area contributed by atoms with Crippen LogP contribution in [0.25, 0.3) is 0 Å². The van der Waals surface area contributed by atoms with Crippen LogP contribution in [0.2, 0.25) is 0 Å². The van der Waals surface area contributed by atoms with Gasteiger partial charge in [0.05, 0.1) is 6.61 Å². The van der Waals surface area contributed by atoms with Crippen molar-refractivity contribution in [3.63, 3.8) is 0 Å². The Hall–Kier alpha value is -0.900. The quantitative estimate of drug-likeness (QED) is 0.706. The zero-order valence-electron chi connectivity index (χ0n) is 9.80. The van der Waals surface area contributed by atoms with E-state index in [0.29, 0.717) is 11.5 Å². The minimum Gasteiger partial charge on any atom is -0.394 e. The van der Waals surface area contributed by atoms with Crippen molar-refractivity contribution in [3.05, 3.63) is 35.4 Å². The molecule has 3 heteroatoms. The van der Waals surface area contributed by atoms with Crippen molar-refractivity contribution in [2.24, 2.45) is 5.92 Å². The molecule has 0 aliphatic carbocycles. The van der Waals surface area contributed by atoms with E-state index in [4.69, 9.17) is 5.11 Å². The second-order valence-electron chi connectivity index (χ2n) is 4.53. The first kappa shape index (κ1) is 13.2. The third-order valence-electron chi connectivity index (χ3n) is 2.52. The van der Waals surface area contributed by atoms with E-state index in [-0.39, 0.29) is 0 Å². The highest BCUT2D eigenvalue weighted by atomic mass is 16.4. The van der Waals surface area contributed by atoms with Crippen LogP contribution >= 0.6 is 0 Å². The van der Waals surface area contributed by atoms with E-state index in [0.717, 1.165) is 6.42 Å². The number of hydrogen-bond acceptors (Lipinski definition) is 3. The summed E-state index contributed by atoms with van der Waals surface area (Å²) in [6.45, 7) is 3.87. The average Bonchev–Trinajstić information content (AvgIpc) is 2.27. The van der Waals surface area contributed by atoms with Gasteiger partial charge in [0.1, 0.15) is 12.2 Å². The van der Waals surface area contributed by atoms with E-state index in [9.17, 15) is 10.2 Å².